The van der Waals surface area contributed by atoms with Crippen molar-refractivity contribution in [1.29, 1.82) is 0 Å². The van der Waals surface area contributed by atoms with Gasteiger partial charge in [0.15, 0.2) is 0 Å². The molecule has 0 aliphatic heterocycles. The van der Waals surface area contributed by atoms with Gasteiger partial charge in [0, 0.05) is 12.7 Å². The van der Waals surface area contributed by atoms with Crippen LogP contribution in [0.25, 0.3) is 6.20 Å². The Bertz CT molecular complexity index is 321. The third-order valence-corrected chi connectivity index (χ3v) is 1.50. The van der Waals surface area contributed by atoms with Crippen LogP contribution in [0.3, 0.4) is 0 Å². The van der Waals surface area contributed by atoms with Crippen LogP contribution in [0.15, 0.2) is 17.2 Å². The van der Waals surface area contributed by atoms with E-state index in [1.165, 1.54) is 15.6 Å². The average Bonchev–Trinajstić information content (AvgIpc) is 2.38. The van der Waals surface area contributed by atoms with Gasteiger partial charge in [0.05, 0.1) is 0 Å². The zero-order valence-electron chi connectivity index (χ0n) is 7.40. The second-order valence-electron chi connectivity index (χ2n) is 2.53. The van der Waals surface area contributed by atoms with Gasteiger partial charge in [-0.1, -0.05) is 13.0 Å². The summed E-state index contributed by atoms with van der Waals surface area (Å²) < 4.78 is 2.93. The van der Waals surface area contributed by atoms with Crippen molar-refractivity contribution in [2.24, 2.45) is 0 Å². The standard InChI is InChI=1S/C8H13N3O/c1-3-5-10-7-9-11(6-4-2)8(10)12/h3,5,7H,4,6H2,1-2H3/b5-3-. The van der Waals surface area contributed by atoms with E-state index in [9.17, 15) is 4.79 Å². The van der Waals surface area contributed by atoms with Gasteiger partial charge < -0.3 is 0 Å². The van der Waals surface area contributed by atoms with Crippen LogP contribution >= 0.6 is 0 Å². The van der Waals surface area contributed by atoms with Crippen molar-refractivity contribution in [2.75, 3.05) is 0 Å². The SMILES string of the molecule is C/C=C\n1cnn(CCC)c1=O. The van der Waals surface area contributed by atoms with Crippen LogP contribution < -0.4 is 5.69 Å². The first kappa shape index (κ1) is 8.77. The molecule has 0 spiro atoms. The van der Waals surface area contributed by atoms with Gasteiger partial charge in [0.2, 0.25) is 0 Å². The first-order valence-electron chi connectivity index (χ1n) is 4.06. The Labute approximate surface area is 71.1 Å². The molecular formula is C8H13N3O. The van der Waals surface area contributed by atoms with E-state index in [1.807, 2.05) is 13.8 Å². The van der Waals surface area contributed by atoms with Crippen LogP contribution in [0.5, 0.6) is 0 Å². The minimum Gasteiger partial charge on any atom is -0.257 e. The molecule has 1 aromatic heterocycles. The van der Waals surface area contributed by atoms with E-state index in [0.29, 0.717) is 6.54 Å². The highest BCUT2D eigenvalue weighted by Gasteiger charge is 1.99. The average molecular weight is 167 g/mol. The minimum absolute atomic E-state index is 0.0741. The van der Waals surface area contributed by atoms with Crippen molar-refractivity contribution in [2.45, 2.75) is 26.8 Å². The highest BCUT2D eigenvalue weighted by molar-refractivity contribution is 5.18. The Morgan fingerprint density at radius 1 is 1.67 bits per heavy atom. The Hall–Kier alpha value is -1.32. The molecular weight excluding hydrogens is 154 g/mol. The molecule has 0 atom stereocenters. The molecule has 0 unspecified atom stereocenters. The van der Waals surface area contributed by atoms with Crippen molar-refractivity contribution in [3.63, 3.8) is 0 Å². The lowest BCUT2D eigenvalue weighted by Gasteiger charge is -1.92. The van der Waals surface area contributed by atoms with Crippen molar-refractivity contribution >= 4 is 6.20 Å². The second kappa shape index (κ2) is 3.90. The van der Waals surface area contributed by atoms with Crippen molar-refractivity contribution in [1.82, 2.24) is 14.3 Å². The molecule has 0 saturated heterocycles. The molecule has 0 aliphatic rings. The Balaban J connectivity index is 2.97. The molecule has 4 heteroatoms. The maximum Gasteiger partial charge on any atom is 0.349 e. The summed E-state index contributed by atoms with van der Waals surface area (Å²) in [4.78, 5) is 11.4. The van der Waals surface area contributed by atoms with Crippen molar-refractivity contribution < 1.29 is 0 Å². The van der Waals surface area contributed by atoms with E-state index in [2.05, 4.69) is 5.10 Å². The van der Waals surface area contributed by atoms with E-state index in [1.54, 1.807) is 12.3 Å². The maximum absolute atomic E-state index is 11.4. The molecule has 0 N–H and O–H groups in total. The monoisotopic (exact) mass is 167 g/mol. The number of aryl methyl sites for hydroxylation is 1. The zero-order chi connectivity index (χ0) is 8.97. The molecule has 0 aromatic carbocycles. The summed E-state index contributed by atoms with van der Waals surface area (Å²) in [6.45, 7) is 4.56. The minimum atomic E-state index is -0.0741. The van der Waals surface area contributed by atoms with E-state index >= 15 is 0 Å². The van der Waals surface area contributed by atoms with E-state index in [0.717, 1.165) is 6.42 Å². The molecule has 4 nitrogen and oxygen atoms in total. The van der Waals surface area contributed by atoms with Gasteiger partial charge in [-0.3, -0.25) is 4.57 Å². The smallest absolute Gasteiger partial charge is 0.257 e. The van der Waals surface area contributed by atoms with Gasteiger partial charge in [-0.15, -0.1) is 0 Å². The third-order valence-electron chi connectivity index (χ3n) is 1.50. The molecule has 0 bridgehead atoms. The highest BCUT2D eigenvalue weighted by atomic mass is 16.2. The predicted molar refractivity (Wildman–Crippen MR) is 47.8 cm³/mol. The number of hydrogen-bond donors (Lipinski definition) is 0. The summed E-state index contributed by atoms with van der Waals surface area (Å²) in [6, 6.07) is 0. The third kappa shape index (κ3) is 1.64. The fourth-order valence-electron chi connectivity index (χ4n) is 0.978. The zero-order valence-corrected chi connectivity index (χ0v) is 7.40. The summed E-state index contributed by atoms with van der Waals surface area (Å²) >= 11 is 0. The van der Waals surface area contributed by atoms with Crippen LogP contribution in [0.2, 0.25) is 0 Å². The molecule has 66 valence electrons. The Kier molecular flexibility index (Phi) is 2.85. The van der Waals surface area contributed by atoms with E-state index in [4.69, 9.17) is 0 Å². The summed E-state index contributed by atoms with van der Waals surface area (Å²) in [5.74, 6) is 0. The molecule has 0 saturated carbocycles. The Morgan fingerprint density at radius 3 is 3.00 bits per heavy atom. The van der Waals surface area contributed by atoms with Gasteiger partial charge in [-0.05, 0) is 13.3 Å². The molecule has 0 aliphatic carbocycles. The second-order valence-corrected chi connectivity index (χ2v) is 2.53. The van der Waals surface area contributed by atoms with Crippen LogP contribution in [-0.4, -0.2) is 14.3 Å². The van der Waals surface area contributed by atoms with Gasteiger partial charge in [-0.25, -0.2) is 9.48 Å². The van der Waals surface area contributed by atoms with Gasteiger partial charge >= 0.3 is 5.69 Å². The number of rotatable bonds is 3. The predicted octanol–water partition coefficient (Wildman–Crippen LogP) is 0.945. The largest absolute Gasteiger partial charge is 0.349 e. The fraction of sp³-hybridized carbons (Fsp3) is 0.500. The highest BCUT2D eigenvalue weighted by Crippen LogP contribution is 1.84. The summed E-state index contributed by atoms with van der Waals surface area (Å²) in [5.41, 5.74) is -0.0741. The quantitative estimate of drug-likeness (QED) is 0.672. The maximum atomic E-state index is 11.4. The van der Waals surface area contributed by atoms with Crippen molar-refractivity contribution in [3.8, 4) is 0 Å². The lowest BCUT2D eigenvalue weighted by molar-refractivity contribution is 0.579. The lowest BCUT2D eigenvalue weighted by atomic mass is 10.5. The van der Waals surface area contributed by atoms with Crippen LogP contribution in [0, 0.1) is 0 Å². The van der Waals surface area contributed by atoms with E-state index < -0.39 is 0 Å². The first-order chi connectivity index (χ1) is 5.79. The van der Waals surface area contributed by atoms with E-state index in [-0.39, 0.29) is 5.69 Å². The Morgan fingerprint density at radius 2 is 2.42 bits per heavy atom. The molecule has 0 fully saturated rings. The van der Waals surface area contributed by atoms with Gasteiger partial charge in [0.1, 0.15) is 6.33 Å². The molecule has 1 heterocycles. The molecule has 1 aromatic rings. The molecule has 12 heavy (non-hydrogen) atoms. The van der Waals surface area contributed by atoms with Gasteiger partial charge in [-0.2, -0.15) is 5.10 Å². The summed E-state index contributed by atoms with van der Waals surface area (Å²) in [7, 11) is 0. The number of aromatic nitrogens is 3. The van der Waals surface area contributed by atoms with Gasteiger partial charge in [0.25, 0.3) is 0 Å². The molecule has 0 radical (unpaired) electrons. The first-order valence-corrected chi connectivity index (χ1v) is 4.06. The number of allylic oxidation sites excluding steroid dienone is 1. The lowest BCUT2D eigenvalue weighted by Crippen LogP contribution is -2.22. The number of nitrogens with zero attached hydrogens (tertiary/aromatic N) is 3. The summed E-state index contributed by atoms with van der Waals surface area (Å²) in [5, 5.41) is 3.94. The van der Waals surface area contributed by atoms with Crippen LogP contribution in [0.4, 0.5) is 0 Å². The molecule has 0 amide bonds. The molecule has 1 rings (SSSR count). The normalized spacial score (nSPS) is 11.2. The van der Waals surface area contributed by atoms with Crippen LogP contribution in [-0.2, 0) is 6.54 Å². The van der Waals surface area contributed by atoms with Crippen LogP contribution in [0.1, 0.15) is 20.3 Å². The number of hydrogen-bond acceptors (Lipinski definition) is 2. The fourth-order valence-corrected chi connectivity index (χ4v) is 0.978. The van der Waals surface area contributed by atoms with Crippen molar-refractivity contribution in [3.05, 3.63) is 22.9 Å². The topological polar surface area (TPSA) is 39.8 Å². The summed E-state index contributed by atoms with van der Waals surface area (Å²) in [6.07, 6.45) is 5.95.